The summed E-state index contributed by atoms with van der Waals surface area (Å²) in [6.45, 7) is 4.46. The van der Waals surface area contributed by atoms with E-state index in [-0.39, 0.29) is 0 Å². The van der Waals surface area contributed by atoms with Gasteiger partial charge in [0, 0.05) is 38.6 Å². The zero-order chi connectivity index (χ0) is 14.3. The molecule has 1 aliphatic carbocycles. The van der Waals surface area contributed by atoms with Crippen LogP contribution in [0, 0.1) is 11.8 Å². The minimum atomic E-state index is 0.578. The molecule has 0 aromatic carbocycles. The summed E-state index contributed by atoms with van der Waals surface area (Å²) < 4.78 is 10.8. The summed E-state index contributed by atoms with van der Waals surface area (Å²) in [4.78, 5) is 4.71. The van der Waals surface area contributed by atoms with Crippen molar-refractivity contribution in [3.8, 4) is 0 Å². The Hall–Kier alpha value is -1.49. The van der Waals surface area contributed by atoms with Crippen LogP contribution in [0.25, 0.3) is 0 Å². The minimum Gasteiger partial charge on any atom is -0.469 e. The predicted octanol–water partition coefficient (Wildman–Crippen LogP) is 1.80. The van der Waals surface area contributed by atoms with Crippen molar-refractivity contribution in [1.82, 2.24) is 10.6 Å². The van der Waals surface area contributed by atoms with E-state index in [4.69, 9.17) is 14.1 Å². The number of ether oxygens (including phenoxy) is 1. The van der Waals surface area contributed by atoms with Gasteiger partial charge in [0.05, 0.1) is 12.9 Å². The summed E-state index contributed by atoms with van der Waals surface area (Å²) in [7, 11) is 0. The molecule has 0 amide bonds. The molecule has 21 heavy (non-hydrogen) atoms. The van der Waals surface area contributed by atoms with Crippen molar-refractivity contribution < 1.29 is 9.15 Å². The van der Waals surface area contributed by atoms with Crippen molar-refractivity contribution in [2.75, 3.05) is 32.8 Å². The summed E-state index contributed by atoms with van der Waals surface area (Å²) in [5.41, 5.74) is 0. The molecular weight excluding hydrogens is 266 g/mol. The summed E-state index contributed by atoms with van der Waals surface area (Å²) >= 11 is 0. The Bertz CT molecular complexity index is 434. The Labute approximate surface area is 126 Å². The molecule has 1 saturated heterocycles. The quantitative estimate of drug-likeness (QED) is 0.594. The number of nitrogens with one attached hydrogen (secondary N) is 2. The molecule has 1 aliphatic heterocycles. The van der Waals surface area contributed by atoms with E-state index < -0.39 is 0 Å². The van der Waals surface area contributed by atoms with Crippen LogP contribution in [-0.4, -0.2) is 38.8 Å². The van der Waals surface area contributed by atoms with E-state index in [1.165, 1.54) is 12.8 Å². The fourth-order valence-electron chi connectivity index (χ4n) is 2.44. The van der Waals surface area contributed by atoms with E-state index in [2.05, 4.69) is 10.6 Å². The lowest BCUT2D eigenvalue weighted by molar-refractivity contribution is 0.187. The minimum absolute atomic E-state index is 0.578. The summed E-state index contributed by atoms with van der Waals surface area (Å²) in [5, 5.41) is 6.86. The third-order valence-electron chi connectivity index (χ3n) is 4.03. The van der Waals surface area contributed by atoms with Crippen LogP contribution in [0.1, 0.15) is 25.0 Å². The Morgan fingerprint density at radius 3 is 2.90 bits per heavy atom. The molecular formula is C16H25N3O2. The Morgan fingerprint density at radius 1 is 1.24 bits per heavy atom. The lowest BCUT2D eigenvalue weighted by Gasteiger charge is -2.13. The van der Waals surface area contributed by atoms with Crippen molar-refractivity contribution in [3.63, 3.8) is 0 Å². The zero-order valence-corrected chi connectivity index (χ0v) is 12.5. The first-order valence-corrected chi connectivity index (χ1v) is 8.02. The first-order valence-electron chi connectivity index (χ1n) is 8.02. The highest BCUT2D eigenvalue weighted by molar-refractivity contribution is 5.79. The number of hydrogen-bond acceptors (Lipinski definition) is 3. The number of nitrogens with zero attached hydrogens (tertiary/aromatic N) is 1. The number of guanidine groups is 1. The van der Waals surface area contributed by atoms with Crippen molar-refractivity contribution in [2.45, 2.75) is 25.7 Å². The number of rotatable bonds is 7. The van der Waals surface area contributed by atoms with Gasteiger partial charge in [-0.2, -0.15) is 0 Å². The highest BCUT2D eigenvalue weighted by Crippen LogP contribution is 2.27. The molecule has 1 aromatic heterocycles. The second kappa shape index (κ2) is 7.50. The van der Waals surface area contributed by atoms with Gasteiger partial charge in [0.2, 0.25) is 0 Å². The van der Waals surface area contributed by atoms with E-state index in [9.17, 15) is 0 Å². The van der Waals surface area contributed by atoms with Gasteiger partial charge < -0.3 is 19.8 Å². The van der Waals surface area contributed by atoms with Gasteiger partial charge in [0.25, 0.3) is 0 Å². The van der Waals surface area contributed by atoms with E-state index in [1.807, 2.05) is 12.1 Å². The molecule has 0 spiro atoms. The molecule has 2 aliphatic rings. The normalized spacial score (nSPS) is 22.5. The molecule has 2 fully saturated rings. The lowest BCUT2D eigenvalue weighted by atomic mass is 10.1. The molecule has 3 rings (SSSR count). The molecule has 5 heteroatoms. The predicted molar refractivity (Wildman–Crippen MR) is 82.4 cm³/mol. The first kappa shape index (κ1) is 14.4. The summed E-state index contributed by atoms with van der Waals surface area (Å²) in [6, 6.07) is 3.93. The maximum absolute atomic E-state index is 5.41. The average Bonchev–Trinajstić information content (AvgIpc) is 2.96. The van der Waals surface area contributed by atoms with Gasteiger partial charge in [-0.15, -0.1) is 0 Å². The standard InChI is InChI=1S/C16H25N3O2/c1-2-15(21-8-1)5-7-17-16(18-10-13-3-4-13)19-11-14-6-9-20-12-14/h1-2,8,13-14H,3-7,9-12H2,(H2,17,18,19). The second-order valence-electron chi connectivity index (χ2n) is 6.00. The molecule has 5 nitrogen and oxygen atoms in total. The van der Waals surface area contributed by atoms with Gasteiger partial charge >= 0.3 is 0 Å². The van der Waals surface area contributed by atoms with Crippen LogP contribution < -0.4 is 10.6 Å². The fourth-order valence-corrected chi connectivity index (χ4v) is 2.44. The lowest BCUT2D eigenvalue weighted by Crippen LogP contribution is -2.39. The maximum atomic E-state index is 5.41. The van der Waals surface area contributed by atoms with Crippen LogP contribution in [-0.2, 0) is 11.2 Å². The van der Waals surface area contributed by atoms with Crippen molar-refractivity contribution >= 4 is 5.96 Å². The largest absolute Gasteiger partial charge is 0.469 e. The van der Waals surface area contributed by atoms with Gasteiger partial charge in [0.15, 0.2) is 5.96 Å². The van der Waals surface area contributed by atoms with Gasteiger partial charge in [-0.25, -0.2) is 0 Å². The van der Waals surface area contributed by atoms with Crippen LogP contribution in [0.2, 0.25) is 0 Å². The third kappa shape index (κ3) is 5.08. The van der Waals surface area contributed by atoms with Crippen molar-refractivity contribution in [3.05, 3.63) is 24.2 Å². The molecule has 0 bridgehead atoms. The Kier molecular flexibility index (Phi) is 5.16. The molecule has 2 heterocycles. The van der Waals surface area contributed by atoms with E-state index >= 15 is 0 Å². The highest BCUT2D eigenvalue weighted by Gasteiger charge is 2.21. The number of aliphatic imine (C=N–C) groups is 1. The number of hydrogen-bond donors (Lipinski definition) is 2. The smallest absolute Gasteiger partial charge is 0.191 e. The van der Waals surface area contributed by atoms with Gasteiger partial charge in [-0.05, 0) is 37.3 Å². The average molecular weight is 291 g/mol. The Balaban J connectivity index is 1.43. The second-order valence-corrected chi connectivity index (χ2v) is 6.00. The van der Waals surface area contributed by atoms with Gasteiger partial charge in [-0.1, -0.05) is 0 Å². The molecule has 1 unspecified atom stereocenters. The van der Waals surface area contributed by atoms with Gasteiger partial charge in [-0.3, -0.25) is 4.99 Å². The zero-order valence-electron chi connectivity index (χ0n) is 12.5. The van der Waals surface area contributed by atoms with Crippen LogP contribution in [0.3, 0.4) is 0 Å². The van der Waals surface area contributed by atoms with Crippen LogP contribution >= 0.6 is 0 Å². The van der Waals surface area contributed by atoms with Crippen molar-refractivity contribution in [1.29, 1.82) is 0 Å². The fraction of sp³-hybridized carbons (Fsp3) is 0.688. The SMILES string of the molecule is c1coc(CCNC(=NCC2CCOC2)NCC2CC2)c1. The maximum Gasteiger partial charge on any atom is 0.191 e. The topological polar surface area (TPSA) is 58.8 Å². The van der Waals surface area contributed by atoms with Crippen LogP contribution in [0.5, 0.6) is 0 Å². The van der Waals surface area contributed by atoms with Crippen molar-refractivity contribution in [2.24, 2.45) is 16.8 Å². The van der Waals surface area contributed by atoms with Crippen LogP contribution in [0.15, 0.2) is 27.8 Å². The van der Waals surface area contributed by atoms with Crippen LogP contribution in [0.4, 0.5) is 0 Å². The van der Waals surface area contributed by atoms with E-state index in [1.54, 1.807) is 6.26 Å². The molecule has 1 aromatic rings. The summed E-state index contributed by atoms with van der Waals surface area (Å²) in [6.07, 6.45) is 6.43. The van der Waals surface area contributed by atoms with Gasteiger partial charge in [0.1, 0.15) is 5.76 Å². The molecule has 0 radical (unpaired) electrons. The molecule has 1 atom stereocenters. The third-order valence-corrected chi connectivity index (χ3v) is 4.03. The monoisotopic (exact) mass is 291 g/mol. The highest BCUT2D eigenvalue weighted by atomic mass is 16.5. The summed E-state index contributed by atoms with van der Waals surface area (Å²) in [5.74, 6) is 3.36. The molecule has 116 valence electrons. The molecule has 1 saturated carbocycles. The first-order chi connectivity index (χ1) is 10.4. The number of furan rings is 1. The van der Waals surface area contributed by atoms with E-state index in [0.717, 1.165) is 63.3 Å². The molecule has 2 N–H and O–H groups in total. The van der Waals surface area contributed by atoms with E-state index in [0.29, 0.717) is 5.92 Å². The Morgan fingerprint density at radius 2 is 2.19 bits per heavy atom.